The number of nitrogens with zero attached hydrogens (tertiary/aromatic N) is 3. The summed E-state index contributed by atoms with van der Waals surface area (Å²) in [4.78, 5) is 21.3. The van der Waals surface area contributed by atoms with Crippen molar-refractivity contribution in [2.24, 2.45) is 0 Å². The van der Waals surface area contributed by atoms with Gasteiger partial charge in [0.1, 0.15) is 10.8 Å². The molecule has 6 nitrogen and oxygen atoms in total. The number of ether oxygens (including phenoxy) is 1. The normalized spacial score (nSPS) is 15.7. The molecule has 0 unspecified atom stereocenters. The molecule has 1 aliphatic rings. The maximum absolute atomic E-state index is 11.9. The Kier molecular flexibility index (Phi) is 7.42. The lowest BCUT2D eigenvalue weighted by Gasteiger charge is -2.34. The number of hydrogen-bond acceptors (Lipinski definition) is 6. The number of benzene rings is 1. The van der Waals surface area contributed by atoms with Crippen LogP contribution in [0.4, 0.5) is 0 Å². The Morgan fingerprint density at radius 3 is 2.50 bits per heavy atom. The number of nitrogens with one attached hydrogen (secondary N) is 1. The van der Waals surface area contributed by atoms with E-state index in [0.717, 1.165) is 54.7 Å². The Morgan fingerprint density at radius 1 is 1.18 bits per heavy atom. The third kappa shape index (κ3) is 6.02. The standard InChI is InChI=1S/C21H30N4O2S/c1-4-27-19-7-5-17(6-8-19)21-23-18(15-28-21)13-24-9-11-25(12-10-24)14-20(26)22-16(2)3/h5-8,15-16H,4,9-14H2,1-3H3,(H,22,26). The summed E-state index contributed by atoms with van der Waals surface area (Å²) in [7, 11) is 0. The molecule has 0 saturated carbocycles. The minimum Gasteiger partial charge on any atom is -0.494 e. The van der Waals surface area contributed by atoms with Crippen molar-refractivity contribution in [1.29, 1.82) is 0 Å². The molecular formula is C21H30N4O2S. The Labute approximate surface area is 171 Å². The number of thiazole rings is 1. The molecular weight excluding hydrogens is 372 g/mol. The van der Waals surface area contributed by atoms with Crippen LogP contribution in [-0.2, 0) is 11.3 Å². The maximum Gasteiger partial charge on any atom is 0.234 e. The number of carbonyl (C=O) groups excluding carboxylic acids is 1. The van der Waals surface area contributed by atoms with Gasteiger partial charge in [0, 0.05) is 49.7 Å². The highest BCUT2D eigenvalue weighted by Crippen LogP contribution is 2.26. The Hall–Kier alpha value is -1.96. The van der Waals surface area contributed by atoms with Crippen molar-refractivity contribution in [2.45, 2.75) is 33.4 Å². The molecule has 3 rings (SSSR count). The van der Waals surface area contributed by atoms with Gasteiger partial charge in [-0.05, 0) is 45.0 Å². The van der Waals surface area contributed by atoms with Gasteiger partial charge in [0.2, 0.25) is 5.91 Å². The fourth-order valence-corrected chi connectivity index (χ4v) is 4.09. The largest absolute Gasteiger partial charge is 0.494 e. The molecule has 1 amide bonds. The van der Waals surface area contributed by atoms with Crippen LogP contribution in [-0.4, -0.2) is 66.1 Å². The summed E-state index contributed by atoms with van der Waals surface area (Å²) in [5, 5.41) is 6.15. The first-order chi connectivity index (χ1) is 13.5. The molecule has 2 aromatic rings. The summed E-state index contributed by atoms with van der Waals surface area (Å²) in [5.41, 5.74) is 2.24. The van der Waals surface area contributed by atoms with E-state index in [9.17, 15) is 4.79 Å². The first kappa shape index (κ1) is 20.8. The average molecular weight is 403 g/mol. The topological polar surface area (TPSA) is 57.7 Å². The van der Waals surface area contributed by atoms with E-state index in [1.807, 2.05) is 32.9 Å². The molecule has 0 atom stereocenters. The Morgan fingerprint density at radius 2 is 1.86 bits per heavy atom. The summed E-state index contributed by atoms with van der Waals surface area (Å²) in [5.74, 6) is 1.01. The van der Waals surface area contributed by atoms with E-state index in [-0.39, 0.29) is 11.9 Å². The zero-order chi connectivity index (χ0) is 19.9. The number of amides is 1. The van der Waals surface area contributed by atoms with E-state index >= 15 is 0 Å². The van der Waals surface area contributed by atoms with Crippen LogP contribution in [0.1, 0.15) is 26.5 Å². The quantitative estimate of drug-likeness (QED) is 0.736. The summed E-state index contributed by atoms with van der Waals surface area (Å²) in [6.07, 6.45) is 0. The van der Waals surface area contributed by atoms with Crippen LogP contribution < -0.4 is 10.1 Å². The van der Waals surface area contributed by atoms with Crippen molar-refractivity contribution in [2.75, 3.05) is 39.3 Å². The predicted molar refractivity (Wildman–Crippen MR) is 114 cm³/mol. The number of rotatable bonds is 8. The highest BCUT2D eigenvalue weighted by atomic mass is 32.1. The van der Waals surface area contributed by atoms with Gasteiger partial charge in [-0.2, -0.15) is 0 Å². The highest BCUT2D eigenvalue weighted by molar-refractivity contribution is 7.13. The summed E-state index contributed by atoms with van der Waals surface area (Å²) < 4.78 is 5.50. The molecule has 2 heterocycles. The molecule has 1 fully saturated rings. The molecule has 0 radical (unpaired) electrons. The third-order valence-electron chi connectivity index (χ3n) is 4.63. The molecule has 1 aromatic carbocycles. The minimum absolute atomic E-state index is 0.114. The van der Waals surface area contributed by atoms with Crippen molar-refractivity contribution in [3.05, 3.63) is 35.3 Å². The fraction of sp³-hybridized carbons (Fsp3) is 0.524. The SMILES string of the molecule is CCOc1ccc(-c2nc(CN3CCN(CC(=O)NC(C)C)CC3)cs2)cc1. The lowest BCUT2D eigenvalue weighted by molar-refractivity contribution is -0.123. The maximum atomic E-state index is 11.9. The van der Waals surface area contributed by atoms with E-state index < -0.39 is 0 Å². The van der Waals surface area contributed by atoms with Gasteiger partial charge < -0.3 is 10.1 Å². The average Bonchev–Trinajstić information content (AvgIpc) is 3.12. The van der Waals surface area contributed by atoms with Crippen LogP contribution in [0.2, 0.25) is 0 Å². The van der Waals surface area contributed by atoms with Gasteiger partial charge in [0.05, 0.1) is 18.8 Å². The van der Waals surface area contributed by atoms with Gasteiger partial charge in [-0.1, -0.05) is 0 Å². The summed E-state index contributed by atoms with van der Waals surface area (Å²) in [6.45, 7) is 11.8. The van der Waals surface area contributed by atoms with Gasteiger partial charge in [-0.25, -0.2) is 4.98 Å². The molecule has 0 spiro atoms. The summed E-state index contributed by atoms with van der Waals surface area (Å²) >= 11 is 1.68. The number of piperazine rings is 1. The smallest absolute Gasteiger partial charge is 0.234 e. The minimum atomic E-state index is 0.114. The number of hydrogen-bond donors (Lipinski definition) is 1. The molecule has 7 heteroatoms. The zero-order valence-corrected chi connectivity index (χ0v) is 17.8. The predicted octanol–water partition coefficient (Wildman–Crippen LogP) is 2.85. The van der Waals surface area contributed by atoms with Gasteiger partial charge in [0.15, 0.2) is 0 Å². The first-order valence-electron chi connectivity index (χ1n) is 9.95. The van der Waals surface area contributed by atoms with E-state index in [2.05, 4.69) is 32.6 Å². The van der Waals surface area contributed by atoms with Crippen LogP contribution in [0.25, 0.3) is 10.6 Å². The second-order valence-corrected chi connectivity index (χ2v) is 8.23. The van der Waals surface area contributed by atoms with Gasteiger partial charge in [-0.3, -0.25) is 14.6 Å². The van der Waals surface area contributed by atoms with Crippen LogP contribution in [0.15, 0.2) is 29.6 Å². The molecule has 1 saturated heterocycles. The molecule has 152 valence electrons. The van der Waals surface area contributed by atoms with E-state index in [1.54, 1.807) is 11.3 Å². The highest BCUT2D eigenvalue weighted by Gasteiger charge is 2.20. The fourth-order valence-electron chi connectivity index (χ4n) is 3.28. The number of aromatic nitrogens is 1. The van der Waals surface area contributed by atoms with Crippen LogP contribution in [0, 0.1) is 0 Å². The van der Waals surface area contributed by atoms with Crippen LogP contribution in [0.5, 0.6) is 5.75 Å². The molecule has 1 aromatic heterocycles. The van der Waals surface area contributed by atoms with Crippen molar-refractivity contribution in [1.82, 2.24) is 20.1 Å². The van der Waals surface area contributed by atoms with Gasteiger partial charge in [0.25, 0.3) is 0 Å². The lowest BCUT2D eigenvalue weighted by Crippen LogP contribution is -2.49. The van der Waals surface area contributed by atoms with Crippen molar-refractivity contribution in [3.63, 3.8) is 0 Å². The lowest BCUT2D eigenvalue weighted by atomic mass is 10.2. The molecule has 0 aliphatic carbocycles. The van der Waals surface area contributed by atoms with Gasteiger partial charge in [-0.15, -0.1) is 11.3 Å². The van der Waals surface area contributed by atoms with E-state index in [1.165, 1.54) is 0 Å². The second kappa shape index (κ2) is 10.0. The molecule has 1 N–H and O–H groups in total. The third-order valence-corrected chi connectivity index (χ3v) is 5.57. The van der Waals surface area contributed by atoms with E-state index in [0.29, 0.717) is 13.2 Å². The van der Waals surface area contributed by atoms with E-state index in [4.69, 9.17) is 9.72 Å². The van der Waals surface area contributed by atoms with Crippen molar-refractivity contribution < 1.29 is 9.53 Å². The second-order valence-electron chi connectivity index (χ2n) is 7.38. The first-order valence-corrected chi connectivity index (χ1v) is 10.8. The monoisotopic (exact) mass is 402 g/mol. The Balaban J connectivity index is 1.47. The van der Waals surface area contributed by atoms with Crippen molar-refractivity contribution in [3.8, 4) is 16.3 Å². The Bertz CT molecular complexity index is 752. The molecule has 28 heavy (non-hydrogen) atoms. The molecule has 1 aliphatic heterocycles. The molecule has 0 bridgehead atoms. The number of carbonyl (C=O) groups is 1. The van der Waals surface area contributed by atoms with Crippen molar-refractivity contribution >= 4 is 17.2 Å². The van der Waals surface area contributed by atoms with Gasteiger partial charge >= 0.3 is 0 Å². The zero-order valence-electron chi connectivity index (χ0n) is 17.0. The van der Waals surface area contributed by atoms with Crippen LogP contribution >= 0.6 is 11.3 Å². The summed E-state index contributed by atoms with van der Waals surface area (Å²) in [6, 6.07) is 8.31. The van der Waals surface area contributed by atoms with Crippen LogP contribution in [0.3, 0.4) is 0 Å².